The highest BCUT2D eigenvalue weighted by Crippen LogP contribution is 2.25. The maximum atomic E-state index is 14.2. The number of aromatic nitrogens is 2. The molecular weight excluding hydrogens is 297 g/mol. The Morgan fingerprint density at radius 1 is 1.22 bits per heavy atom. The molecule has 1 aromatic carbocycles. The summed E-state index contributed by atoms with van der Waals surface area (Å²) in [5.41, 5.74) is 1.68. The Bertz CT molecular complexity index is 883. The standard InChI is InChI=1S/C17H14FN3O2/c1-21(23-2)17(22)12-3-5-14(18)13(9-12)15-6-4-11-7-8-19-10-16(11)20-15/h3-10H,1-2H3. The average molecular weight is 311 g/mol. The molecule has 0 aliphatic carbocycles. The number of amides is 1. The second kappa shape index (κ2) is 6.10. The van der Waals surface area contributed by atoms with Crippen molar-refractivity contribution in [2.24, 2.45) is 0 Å². The molecule has 0 unspecified atom stereocenters. The second-order valence-corrected chi connectivity index (χ2v) is 4.94. The number of carbonyl (C=O) groups is 1. The van der Waals surface area contributed by atoms with Crippen molar-refractivity contribution in [2.75, 3.05) is 14.2 Å². The van der Waals surface area contributed by atoms with Crippen LogP contribution in [0.4, 0.5) is 4.39 Å². The molecule has 1 amide bonds. The van der Waals surface area contributed by atoms with Gasteiger partial charge in [0.2, 0.25) is 0 Å². The molecule has 2 aromatic heterocycles. The van der Waals surface area contributed by atoms with Gasteiger partial charge in [-0.2, -0.15) is 0 Å². The van der Waals surface area contributed by atoms with Crippen LogP contribution in [0, 0.1) is 5.82 Å². The Morgan fingerprint density at radius 3 is 2.83 bits per heavy atom. The van der Waals surface area contributed by atoms with Gasteiger partial charge in [-0.3, -0.25) is 14.6 Å². The normalized spacial score (nSPS) is 10.7. The van der Waals surface area contributed by atoms with E-state index in [1.54, 1.807) is 18.5 Å². The van der Waals surface area contributed by atoms with E-state index in [1.807, 2.05) is 12.1 Å². The molecule has 0 bridgehead atoms. The molecule has 3 rings (SSSR count). The van der Waals surface area contributed by atoms with Crippen molar-refractivity contribution < 1.29 is 14.0 Å². The minimum atomic E-state index is -0.447. The van der Waals surface area contributed by atoms with Crippen molar-refractivity contribution in [3.8, 4) is 11.3 Å². The van der Waals surface area contributed by atoms with Gasteiger partial charge in [0.15, 0.2) is 0 Å². The summed E-state index contributed by atoms with van der Waals surface area (Å²) < 4.78 is 14.2. The molecule has 0 saturated heterocycles. The number of halogens is 1. The van der Waals surface area contributed by atoms with E-state index in [-0.39, 0.29) is 11.5 Å². The Kier molecular flexibility index (Phi) is 3.99. The first-order valence-electron chi connectivity index (χ1n) is 6.93. The number of benzene rings is 1. The van der Waals surface area contributed by atoms with Crippen LogP contribution in [0.15, 0.2) is 48.8 Å². The molecule has 116 valence electrons. The van der Waals surface area contributed by atoms with E-state index >= 15 is 0 Å². The van der Waals surface area contributed by atoms with Crippen molar-refractivity contribution >= 4 is 16.8 Å². The monoisotopic (exact) mass is 311 g/mol. The fraction of sp³-hybridized carbons (Fsp3) is 0.118. The second-order valence-electron chi connectivity index (χ2n) is 4.94. The fourth-order valence-corrected chi connectivity index (χ4v) is 2.24. The molecule has 0 N–H and O–H groups in total. The summed E-state index contributed by atoms with van der Waals surface area (Å²) in [5.74, 6) is -0.812. The molecule has 0 aliphatic heterocycles. The van der Waals surface area contributed by atoms with Crippen LogP contribution in [0.2, 0.25) is 0 Å². The van der Waals surface area contributed by atoms with Crippen molar-refractivity contribution in [2.45, 2.75) is 0 Å². The first-order chi connectivity index (χ1) is 11.1. The van der Waals surface area contributed by atoms with Gasteiger partial charge in [0.1, 0.15) is 5.82 Å². The Balaban J connectivity index is 2.08. The average Bonchev–Trinajstić information content (AvgIpc) is 2.60. The van der Waals surface area contributed by atoms with Crippen LogP contribution in [-0.4, -0.2) is 35.1 Å². The van der Waals surface area contributed by atoms with Crippen LogP contribution in [0.5, 0.6) is 0 Å². The molecule has 0 fully saturated rings. The van der Waals surface area contributed by atoms with Gasteiger partial charge in [-0.25, -0.2) is 14.4 Å². The number of rotatable bonds is 3. The van der Waals surface area contributed by atoms with Crippen LogP contribution in [0.3, 0.4) is 0 Å². The smallest absolute Gasteiger partial charge is 0.274 e. The van der Waals surface area contributed by atoms with E-state index in [9.17, 15) is 9.18 Å². The number of carbonyl (C=O) groups excluding carboxylic acids is 1. The van der Waals surface area contributed by atoms with Gasteiger partial charge in [0.05, 0.1) is 24.5 Å². The van der Waals surface area contributed by atoms with Gasteiger partial charge < -0.3 is 0 Å². The third kappa shape index (κ3) is 2.89. The lowest BCUT2D eigenvalue weighted by Crippen LogP contribution is -2.25. The first kappa shape index (κ1) is 15.1. The Hall–Kier alpha value is -2.86. The van der Waals surface area contributed by atoms with E-state index in [1.165, 1.54) is 32.4 Å². The van der Waals surface area contributed by atoms with E-state index < -0.39 is 5.82 Å². The zero-order valence-corrected chi connectivity index (χ0v) is 12.7. The lowest BCUT2D eigenvalue weighted by Gasteiger charge is -2.14. The minimum Gasteiger partial charge on any atom is -0.274 e. The lowest BCUT2D eigenvalue weighted by atomic mass is 10.1. The summed E-state index contributed by atoms with van der Waals surface area (Å²) >= 11 is 0. The van der Waals surface area contributed by atoms with Gasteiger partial charge in [-0.15, -0.1) is 0 Å². The SMILES string of the molecule is CON(C)C(=O)c1ccc(F)c(-c2ccc3ccncc3n2)c1. The van der Waals surface area contributed by atoms with Crippen molar-refractivity contribution in [1.29, 1.82) is 0 Å². The van der Waals surface area contributed by atoms with Crippen LogP contribution >= 0.6 is 0 Å². The highest BCUT2D eigenvalue weighted by molar-refractivity contribution is 5.94. The van der Waals surface area contributed by atoms with Crippen molar-refractivity contribution in [3.05, 3.63) is 60.2 Å². The number of pyridine rings is 2. The van der Waals surface area contributed by atoms with Crippen molar-refractivity contribution in [3.63, 3.8) is 0 Å². The van der Waals surface area contributed by atoms with Crippen LogP contribution in [0.25, 0.3) is 22.2 Å². The predicted octanol–water partition coefficient (Wildman–Crippen LogP) is 3.07. The van der Waals surface area contributed by atoms with Gasteiger partial charge in [-0.05, 0) is 30.3 Å². The zero-order chi connectivity index (χ0) is 16.4. The molecule has 0 aliphatic rings. The third-order valence-electron chi connectivity index (χ3n) is 3.54. The molecule has 0 saturated carbocycles. The number of fused-ring (bicyclic) bond motifs is 1. The lowest BCUT2D eigenvalue weighted by molar-refractivity contribution is -0.0756. The molecule has 5 nitrogen and oxygen atoms in total. The van der Waals surface area contributed by atoms with E-state index in [0.29, 0.717) is 16.8 Å². The van der Waals surface area contributed by atoms with Gasteiger partial charge in [0.25, 0.3) is 5.91 Å². The highest BCUT2D eigenvalue weighted by Gasteiger charge is 2.15. The van der Waals surface area contributed by atoms with E-state index in [2.05, 4.69) is 9.97 Å². The number of nitrogens with zero attached hydrogens (tertiary/aromatic N) is 3. The quantitative estimate of drug-likeness (QED) is 0.698. The maximum absolute atomic E-state index is 14.2. The molecule has 3 aromatic rings. The molecule has 2 heterocycles. The summed E-state index contributed by atoms with van der Waals surface area (Å²) in [6.45, 7) is 0. The number of hydrogen-bond donors (Lipinski definition) is 0. The van der Waals surface area contributed by atoms with Gasteiger partial charge >= 0.3 is 0 Å². The molecular formula is C17H14FN3O2. The summed E-state index contributed by atoms with van der Waals surface area (Å²) in [6.07, 6.45) is 3.29. The summed E-state index contributed by atoms with van der Waals surface area (Å²) in [6, 6.07) is 9.53. The summed E-state index contributed by atoms with van der Waals surface area (Å²) in [4.78, 5) is 25.4. The fourth-order valence-electron chi connectivity index (χ4n) is 2.24. The molecule has 0 atom stereocenters. The molecule has 0 radical (unpaired) electrons. The third-order valence-corrected chi connectivity index (χ3v) is 3.54. The van der Waals surface area contributed by atoms with Crippen LogP contribution in [-0.2, 0) is 4.84 Å². The topological polar surface area (TPSA) is 55.3 Å². The summed E-state index contributed by atoms with van der Waals surface area (Å²) in [7, 11) is 2.88. The minimum absolute atomic E-state index is 0.256. The van der Waals surface area contributed by atoms with Gasteiger partial charge in [0, 0.05) is 29.8 Å². The zero-order valence-electron chi connectivity index (χ0n) is 12.7. The van der Waals surface area contributed by atoms with E-state index in [4.69, 9.17) is 4.84 Å². The number of hydroxylamine groups is 2. The van der Waals surface area contributed by atoms with Crippen LogP contribution < -0.4 is 0 Å². The van der Waals surface area contributed by atoms with Gasteiger partial charge in [-0.1, -0.05) is 6.07 Å². The Labute approximate surface area is 132 Å². The molecule has 0 spiro atoms. The maximum Gasteiger partial charge on any atom is 0.277 e. The Morgan fingerprint density at radius 2 is 2.04 bits per heavy atom. The van der Waals surface area contributed by atoms with Crippen molar-refractivity contribution in [1.82, 2.24) is 15.0 Å². The predicted molar refractivity (Wildman–Crippen MR) is 84.0 cm³/mol. The largest absolute Gasteiger partial charge is 0.277 e. The number of hydrogen-bond acceptors (Lipinski definition) is 4. The molecule has 6 heteroatoms. The van der Waals surface area contributed by atoms with Crippen LogP contribution in [0.1, 0.15) is 10.4 Å². The highest BCUT2D eigenvalue weighted by atomic mass is 19.1. The first-order valence-corrected chi connectivity index (χ1v) is 6.93. The molecule has 23 heavy (non-hydrogen) atoms. The van der Waals surface area contributed by atoms with E-state index in [0.717, 1.165) is 10.4 Å². The summed E-state index contributed by atoms with van der Waals surface area (Å²) in [5, 5.41) is 1.99.